The van der Waals surface area contributed by atoms with Crippen molar-refractivity contribution in [2.24, 2.45) is 0 Å². The molecule has 0 bridgehead atoms. The molecule has 0 heterocycles. The van der Waals surface area contributed by atoms with Crippen LogP contribution < -0.4 is 4.74 Å². The summed E-state index contributed by atoms with van der Waals surface area (Å²) in [7, 11) is 1.51. The first-order valence-electron chi connectivity index (χ1n) is 5.33. The smallest absolute Gasteiger partial charge is 0.331 e. The Bertz CT molecular complexity index is 320. The van der Waals surface area contributed by atoms with Crippen molar-refractivity contribution >= 4 is 0 Å². The summed E-state index contributed by atoms with van der Waals surface area (Å²) >= 11 is 0. The van der Waals surface area contributed by atoms with Crippen molar-refractivity contribution in [3.05, 3.63) is 29.8 Å². The van der Waals surface area contributed by atoms with E-state index in [1.54, 1.807) is 26.0 Å². The van der Waals surface area contributed by atoms with E-state index in [2.05, 4.69) is 0 Å². The second-order valence-corrected chi connectivity index (χ2v) is 3.44. The first-order valence-corrected chi connectivity index (χ1v) is 5.33. The molecule has 0 radical (unpaired) electrons. The molecule has 0 saturated heterocycles. The van der Waals surface area contributed by atoms with Crippen LogP contribution in [0.5, 0.6) is 5.75 Å². The van der Waals surface area contributed by atoms with Gasteiger partial charge in [0.25, 0.3) is 0 Å². The molecule has 0 saturated carbocycles. The van der Waals surface area contributed by atoms with E-state index in [0.717, 1.165) is 4.90 Å². The fourth-order valence-corrected chi connectivity index (χ4v) is 1.59. The molecule has 0 spiro atoms. The first kappa shape index (κ1) is 12.9. The van der Waals surface area contributed by atoms with Crippen molar-refractivity contribution in [1.82, 2.24) is 4.90 Å². The van der Waals surface area contributed by atoms with Gasteiger partial charge < -0.3 is 4.74 Å². The Morgan fingerprint density at radius 1 is 1.12 bits per heavy atom. The predicted molar refractivity (Wildman–Crippen MR) is 59.8 cm³/mol. The Morgan fingerprint density at radius 2 is 1.62 bits per heavy atom. The van der Waals surface area contributed by atoms with Crippen LogP contribution in [0.3, 0.4) is 0 Å². The number of benzene rings is 1. The van der Waals surface area contributed by atoms with Gasteiger partial charge in [-0.3, -0.25) is 0 Å². The summed E-state index contributed by atoms with van der Waals surface area (Å²) in [5.74, 6) is 0.582. The molecule has 0 unspecified atom stereocenters. The SMILES string of the molecule is CCN(CC)C(F)(F)c1ccc(OC)cc1. The summed E-state index contributed by atoms with van der Waals surface area (Å²) in [6.07, 6.45) is 0. The number of methoxy groups -OCH3 is 1. The molecule has 0 atom stereocenters. The zero-order valence-corrected chi connectivity index (χ0v) is 9.84. The summed E-state index contributed by atoms with van der Waals surface area (Å²) in [4.78, 5) is 1.12. The fraction of sp³-hybridized carbons (Fsp3) is 0.500. The molecule has 0 amide bonds. The Morgan fingerprint density at radius 3 is 2.00 bits per heavy atom. The largest absolute Gasteiger partial charge is 0.497 e. The van der Waals surface area contributed by atoms with Gasteiger partial charge in [0.1, 0.15) is 5.75 Å². The summed E-state index contributed by atoms with van der Waals surface area (Å²) in [5, 5.41) is 0. The molecule has 0 N–H and O–H groups in total. The molecule has 90 valence electrons. The zero-order valence-electron chi connectivity index (χ0n) is 9.84. The number of rotatable bonds is 5. The van der Waals surface area contributed by atoms with Gasteiger partial charge in [-0.25, -0.2) is 4.90 Å². The normalized spacial score (nSPS) is 11.9. The van der Waals surface area contributed by atoms with Crippen LogP contribution in [-0.2, 0) is 6.05 Å². The summed E-state index contributed by atoms with van der Waals surface area (Å²) < 4.78 is 32.8. The van der Waals surface area contributed by atoms with Gasteiger partial charge in [0.15, 0.2) is 0 Å². The predicted octanol–water partition coefficient (Wildman–Crippen LogP) is 3.09. The average molecular weight is 229 g/mol. The summed E-state index contributed by atoms with van der Waals surface area (Å²) in [5.41, 5.74) is -0.00278. The molecule has 16 heavy (non-hydrogen) atoms. The third-order valence-electron chi connectivity index (χ3n) is 2.60. The van der Waals surface area contributed by atoms with Crippen molar-refractivity contribution in [2.75, 3.05) is 20.2 Å². The number of nitrogens with zero attached hydrogens (tertiary/aromatic N) is 1. The number of halogens is 2. The molecule has 0 fully saturated rings. The number of hydrogen-bond donors (Lipinski definition) is 0. The standard InChI is InChI=1S/C12H17F2NO/c1-4-15(5-2)12(13,14)10-6-8-11(16-3)9-7-10/h6-9H,4-5H2,1-3H3. The van der Waals surface area contributed by atoms with Gasteiger partial charge in [-0.05, 0) is 24.3 Å². The monoisotopic (exact) mass is 229 g/mol. The van der Waals surface area contributed by atoms with E-state index >= 15 is 0 Å². The van der Waals surface area contributed by atoms with E-state index in [-0.39, 0.29) is 5.56 Å². The van der Waals surface area contributed by atoms with Gasteiger partial charge >= 0.3 is 6.05 Å². The maximum Gasteiger partial charge on any atom is 0.331 e. The third kappa shape index (κ3) is 2.50. The van der Waals surface area contributed by atoms with Crippen molar-refractivity contribution in [2.45, 2.75) is 19.9 Å². The minimum absolute atomic E-state index is 0.00278. The second-order valence-electron chi connectivity index (χ2n) is 3.44. The van der Waals surface area contributed by atoms with Crippen LogP contribution in [0.15, 0.2) is 24.3 Å². The van der Waals surface area contributed by atoms with Crippen LogP contribution in [0, 0.1) is 0 Å². The lowest BCUT2D eigenvalue weighted by atomic mass is 10.1. The van der Waals surface area contributed by atoms with Gasteiger partial charge in [-0.2, -0.15) is 8.78 Å². The lowest BCUT2D eigenvalue weighted by Crippen LogP contribution is -2.38. The zero-order chi connectivity index (χ0) is 12.2. The highest BCUT2D eigenvalue weighted by Crippen LogP contribution is 2.32. The van der Waals surface area contributed by atoms with E-state index < -0.39 is 6.05 Å². The van der Waals surface area contributed by atoms with Crippen LogP contribution in [-0.4, -0.2) is 25.1 Å². The Hall–Kier alpha value is -1.16. The van der Waals surface area contributed by atoms with E-state index in [0.29, 0.717) is 18.8 Å². The Labute approximate surface area is 94.8 Å². The highest BCUT2D eigenvalue weighted by atomic mass is 19.3. The highest BCUT2D eigenvalue weighted by Gasteiger charge is 2.37. The molecule has 4 heteroatoms. The van der Waals surface area contributed by atoms with Crippen molar-refractivity contribution in [1.29, 1.82) is 0 Å². The molecular formula is C12H17F2NO. The van der Waals surface area contributed by atoms with E-state index in [4.69, 9.17) is 4.74 Å². The summed E-state index contributed by atoms with van der Waals surface area (Å²) in [6.45, 7) is 4.08. The summed E-state index contributed by atoms with van der Waals surface area (Å²) in [6, 6.07) is 2.98. The maximum atomic E-state index is 13.9. The van der Waals surface area contributed by atoms with Crippen LogP contribution in [0.4, 0.5) is 8.78 Å². The number of hydrogen-bond acceptors (Lipinski definition) is 2. The van der Waals surface area contributed by atoms with Crippen LogP contribution in [0.25, 0.3) is 0 Å². The molecule has 0 aliphatic carbocycles. The van der Waals surface area contributed by atoms with Crippen molar-refractivity contribution < 1.29 is 13.5 Å². The topological polar surface area (TPSA) is 12.5 Å². The molecule has 0 aliphatic rings. The first-order chi connectivity index (χ1) is 7.56. The van der Waals surface area contributed by atoms with Gasteiger partial charge in [0, 0.05) is 18.7 Å². The van der Waals surface area contributed by atoms with Crippen LogP contribution >= 0.6 is 0 Å². The third-order valence-corrected chi connectivity index (χ3v) is 2.60. The molecular weight excluding hydrogens is 212 g/mol. The van der Waals surface area contributed by atoms with Gasteiger partial charge in [0.05, 0.1) is 7.11 Å². The fourth-order valence-electron chi connectivity index (χ4n) is 1.59. The van der Waals surface area contributed by atoms with Crippen molar-refractivity contribution in [3.63, 3.8) is 0 Å². The van der Waals surface area contributed by atoms with Crippen LogP contribution in [0.2, 0.25) is 0 Å². The van der Waals surface area contributed by atoms with Gasteiger partial charge in [-0.15, -0.1) is 0 Å². The van der Waals surface area contributed by atoms with E-state index in [1.165, 1.54) is 19.2 Å². The van der Waals surface area contributed by atoms with Gasteiger partial charge in [0.2, 0.25) is 0 Å². The second kappa shape index (κ2) is 5.25. The minimum atomic E-state index is -2.92. The average Bonchev–Trinajstić information content (AvgIpc) is 2.30. The lowest BCUT2D eigenvalue weighted by Gasteiger charge is -2.29. The minimum Gasteiger partial charge on any atom is -0.497 e. The van der Waals surface area contributed by atoms with E-state index in [1.807, 2.05) is 0 Å². The Balaban J connectivity index is 2.96. The lowest BCUT2D eigenvalue weighted by molar-refractivity contribution is -0.150. The maximum absolute atomic E-state index is 13.9. The quantitative estimate of drug-likeness (QED) is 0.719. The molecule has 0 aromatic heterocycles. The molecule has 1 rings (SSSR count). The number of ether oxygens (including phenoxy) is 1. The molecule has 0 aliphatic heterocycles. The Kier molecular flexibility index (Phi) is 4.24. The van der Waals surface area contributed by atoms with Crippen LogP contribution in [0.1, 0.15) is 19.4 Å². The van der Waals surface area contributed by atoms with E-state index in [9.17, 15) is 8.78 Å². The molecule has 1 aromatic carbocycles. The molecule has 2 nitrogen and oxygen atoms in total. The highest BCUT2D eigenvalue weighted by molar-refractivity contribution is 5.29. The number of alkyl halides is 2. The molecule has 1 aromatic rings. The van der Waals surface area contributed by atoms with Gasteiger partial charge in [-0.1, -0.05) is 13.8 Å². The van der Waals surface area contributed by atoms with Crippen molar-refractivity contribution in [3.8, 4) is 5.75 Å².